The highest BCUT2D eigenvalue weighted by atomic mass is 16.4. The molecule has 0 unspecified atom stereocenters. The van der Waals surface area contributed by atoms with E-state index in [2.05, 4.69) is 0 Å². The maximum absolute atomic E-state index is 12.0. The molecule has 2 rings (SSSR count). The van der Waals surface area contributed by atoms with Crippen LogP contribution in [0.1, 0.15) is 27.8 Å². The lowest BCUT2D eigenvalue weighted by atomic mass is 10.3. The van der Waals surface area contributed by atoms with Gasteiger partial charge in [-0.25, -0.2) is 0 Å². The minimum atomic E-state index is -0.146. The molecule has 0 aliphatic rings. The van der Waals surface area contributed by atoms with E-state index in [1.54, 1.807) is 24.1 Å². The molecule has 0 radical (unpaired) electrons. The quantitative estimate of drug-likeness (QED) is 0.818. The molecule has 17 heavy (non-hydrogen) atoms. The van der Waals surface area contributed by atoms with Gasteiger partial charge < -0.3 is 13.7 Å². The summed E-state index contributed by atoms with van der Waals surface area (Å²) in [5.74, 6) is 2.55. The molecule has 4 nitrogen and oxygen atoms in total. The Morgan fingerprint density at radius 1 is 1.12 bits per heavy atom. The van der Waals surface area contributed by atoms with Gasteiger partial charge >= 0.3 is 0 Å². The van der Waals surface area contributed by atoms with Gasteiger partial charge in [0, 0.05) is 7.05 Å². The molecule has 0 spiro atoms. The first kappa shape index (κ1) is 11.5. The number of aryl methyl sites for hydroxylation is 2. The van der Waals surface area contributed by atoms with Crippen molar-refractivity contribution in [2.24, 2.45) is 0 Å². The van der Waals surface area contributed by atoms with Crippen molar-refractivity contribution in [3.63, 3.8) is 0 Å². The Labute approximate surface area is 99.8 Å². The smallest absolute Gasteiger partial charge is 0.289 e. The Balaban J connectivity index is 2.05. The number of nitrogens with zero attached hydrogens (tertiary/aromatic N) is 1. The fourth-order valence-electron chi connectivity index (χ4n) is 1.61. The number of furan rings is 2. The highest BCUT2D eigenvalue weighted by Crippen LogP contribution is 2.13. The minimum absolute atomic E-state index is 0.146. The summed E-state index contributed by atoms with van der Waals surface area (Å²) in [6.45, 7) is 4.13. The van der Waals surface area contributed by atoms with Gasteiger partial charge in [-0.15, -0.1) is 0 Å². The fourth-order valence-corrected chi connectivity index (χ4v) is 1.61. The number of rotatable bonds is 3. The zero-order chi connectivity index (χ0) is 12.4. The summed E-state index contributed by atoms with van der Waals surface area (Å²) in [5.41, 5.74) is 0. The molecule has 0 aromatic carbocycles. The summed E-state index contributed by atoms with van der Waals surface area (Å²) in [7, 11) is 1.72. The van der Waals surface area contributed by atoms with E-state index in [1.165, 1.54) is 0 Å². The molecule has 1 amide bonds. The zero-order valence-corrected chi connectivity index (χ0v) is 10.2. The lowest BCUT2D eigenvalue weighted by molar-refractivity contribution is 0.0742. The van der Waals surface area contributed by atoms with Crippen molar-refractivity contribution in [2.45, 2.75) is 20.4 Å². The van der Waals surface area contributed by atoms with Crippen molar-refractivity contribution >= 4 is 5.91 Å². The van der Waals surface area contributed by atoms with E-state index in [9.17, 15) is 4.79 Å². The SMILES string of the molecule is Cc1ccc(CN(C)C(=O)c2ccc(C)o2)o1. The summed E-state index contributed by atoms with van der Waals surface area (Å²) in [4.78, 5) is 13.5. The van der Waals surface area contributed by atoms with Crippen LogP contribution in [0.4, 0.5) is 0 Å². The predicted octanol–water partition coefficient (Wildman–Crippen LogP) is 2.76. The van der Waals surface area contributed by atoms with Gasteiger partial charge in [-0.3, -0.25) is 4.79 Å². The Hall–Kier alpha value is -1.97. The molecule has 0 aliphatic carbocycles. The first-order chi connectivity index (χ1) is 8.06. The Kier molecular flexibility index (Phi) is 3.04. The summed E-state index contributed by atoms with van der Waals surface area (Å²) in [5, 5.41) is 0. The average Bonchev–Trinajstić information content (AvgIpc) is 2.87. The van der Waals surface area contributed by atoms with Gasteiger partial charge in [0.1, 0.15) is 17.3 Å². The molecule has 0 N–H and O–H groups in total. The highest BCUT2D eigenvalue weighted by molar-refractivity contribution is 5.91. The van der Waals surface area contributed by atoms with Crippen molar-refractivity contribution in [1.82, 2.24) is 4.90 Å². The molecule has 90 valence electrons. The third kappa shape index (κ3) is 2.58. The van der Waals surface area contributed by atoms with Crippen LogP contribution in [0, 0.1) is 13.8 Å². The third-order valence-electron chi connectivity index (χ3n) is 2.49. The first-order valence-corrected chi connectivity index (χ1v) is 5.43. The second-order valence-corrected chi connectivity index (χ2v) is 4.08. The summed E-state index contributed by atoms with van der Waals surface area (Å²) in [6.07, 6.45) is 0. The molecule has 2 heterocycles. The zero-order valence-electron chi connectivity index (χ0n) is 10.2. The van der Waals surface area contributed by atoms with Gasteiger partial charge in [-0.1, -0.05) is 0 Å². The van der Waals surface area contributed by atoms with E-state index in [-0.39, 0.29) is 5.91 Å². The van der Waals surface area contributed by atoms with Gasteiger partial charge in [0.2, 0.25) is 0 Å². The molecule has 4 heteroatoms. The minimum Gasteiger partial charge on any atom is -0.464 e. The van der Waals surface area contributed by atoms with Crippen LogP contribution in [0.15, 0.2) is 33.1 Å². The van der Waals surface area contributed by atoms with E-state index >= 15 is 0 Å². The molecule has 0 fully saturated rings. The third-order valence-corrected chi connectivity index (χ3v) is 2.49. The number of carbonyl (C=O) groups excluding carboxylic acids is 1. The van der Waals surface area contributed by atoms with Gasteiger partial charge in [0.25, 0.3) is 5.91 Å². The monoisotopic (exact) mass is 233 g/mol. The topological polar surface area (TPSA) is 46.6 Å². The standard InChI is InChI=1S/C13H15NO3/c1-9-4-6-11(16-9)8-14(3)13(15)12-7-5-10(2)17-12/h4-7H,8H2,1-3H3. The van der Waals surface area contributed by atoms with Gasteiger partial charge in [0.15, 0.2) is 5.76 Å². The number of hydrogen-bond acceptors (Lipinski definition) is 3. The van der Waals surface area contributed by atoms with Crippen molar-refractivity contribution in [3.8, 4) is 0 Å². The van der Waals surface area contributed by atoms with E-state index in [0.29, 0.717) is 12.3 Å². The molecule has 2 aromatic heterocycles. The second kappa shape index (κ2) is 4.49. The first-order valence-electron chi connectivity index (χ1n) is 5.43. The van der Waals surface area contributed by atoms with Gasteiger partial charge in [-0.05, 0) is 38.1 Å². The Morgan fingerprint density at radius 2 is 1.76 bits per heavy atom. The summed E-state index contributed by atoms with van der Waals surface area (Å²) < 4.78 is 10.7. The van der Waals surface area contributed by atoms with E-state index in [4.69, 9.17) is 8.83 Å². The largest absolute Gasteiger partial charge is 0.464 e. The van der Waals surface area contributed by atoms with E-state index in [1.807, 2.05) is 26.0 Å². The average molecular weight is 233 g/mol. The van der Waals surface area contributed by atoms with Crippen LogP contribution in [0.3, 0.4) is 0 Å². The molecular formula is C13H15NO3. The Morgan fingerprint density at radius 3 is 2.29 bits per heavy atom. The second-order valence-electron chi connectivity index (χ2n) is 4.08. The van der Waals surface area contributed by atoms with Gasteiger partial charge in [0.05, 0.1) is 6.54 Å². The van der Waals surface area contributed by atoms with Crippen molar-refractivity contribution in [1.29, 1.82) is 0 Å². The normalized spacial score (nSPS) is 10.5. The molecule has 2 aromatic rings. The molecular weight excluding hydrogens is 218 g/mol. The van der Waals surface area contributed by atoms with Crippen LogP contribution in [0.25, 0.3) is 0 Å². The maximum atomic E-state index is 12.0. The Bertz CT molecular complexity index is 524. The number of amides is 1. The summed E-state index contributed by atoms with van der Waals surface area (Å²) >= 11 is 0. The molecule has 0 bridgehead atoms. The van der Waals surface area contributed by atoms with Crippen LogP contribution in [-0.4, -0.2) is 17.9 Å². The van der Waals surface area contributed by atoms with E-state index in [0.717, 1.165) is 17.3 Å². The lowest BCUT2D eigenvalue weighted by Crippen LogP contribution is -2.25. The molecule has 0 atom stereocenters. The molecule has 0 aliphatic heterocycles. The maximum Gasteiger partial charge on any atom is 0.289 e. The number of hydrogen-bond donors (Lipinski definition) is 0. The lowest BCUT2D eigenvalue weighted by Gasteiger charge is -2.13. The van der Waals surface area contributed by atoms with Crippen LogP contribution < -0.4 is 0 Å². The number of carbonyl (C=O) groups is 1. The van der Waals surface area contributed by atoms with Crippen LogP contribution in [0.2, 0.25) is 0 Å². The van der Waals surface area contributed by atoms with Crippen LogP contribution >= 0.6 is 0 Å². The molecule has 0 saturated carbocycles. The van der Waals surface area contributed by atoms with Gasteiger partial charge in [-0.2, -0.15) is 0 Å². The fraction of sp³-hybridized carbons (Fsp3) is 0.308. The van der Waals surface area contributed by atoms with E-state index < -0.39 is 0 Å². The van der Waals surface area contributed by atoms with Crippen molar-refractivity contribution in [3.05, 3.63) is 47.3 Å². The van der Waals surface area contributed by atoms with Crippen molar-refractivity contribution in [2.75, 3.05) is 7.05 Å². The predicted molar refractivity (Wildman–Crippen MR) is 62.7 cm³/mol. The van der Waals surface area contributed by atoms with Crippen molar-refractivity contribution < 1.29 is 13.6 Å². The van der Waals surface area contributed by atoms with Crippen LogP contribution in [0.5, 0.6) is 0 Å². The summed E-state index contributed by atoms with van der Waals surface area (Å²) in [6, 6.07) is 7.21. The highest BCUT2D eigenvalue weighted by Gasteiger charge is 2.16. The van der Waals surface area contributed by atoms with Crippen LogP contribution in [-0.2, 0) is 6.54 Å². The molecule has 0 saturated heterocycles.